The number of nitrogens with zero attached hydrogens (tertiary/aromatic N) is 3. The number of hydrogen-bond acceptors (Lipinski definition) is 4. The molecule has 3 heterocycles. The maximum absolute atomic E-state index is 10.3. The molecule has 6 nitrogen and oxygen atoms in total. The first-order valence-corrected chi connectivity index (χ1v) is 19.8. The Morgan fingerprint density at radius 1 is 0.684 bits per heavy atom. The number of phenolic OH excluding ortho intramolecular Hbond substituents is 1. The Labute approximate surface area is 330 Å². The highest BCUT2D eigenvalue weighted by atomic mass is 16.5. The van der Waals surface area contributed by atoms with Crippen LogP contribution in [0.15, 0.2) is 121 Å². The van der Waals surface area contributed by atoms with Crippen LogP contribution in [-0.4, -0.2) is 32.5 Å². The van der Waals surface area contributed by atoms with Crippen LogP contribution in [0.1, 0.15) is 45.5 Å². The largest absolute Gasteiger partial charge is 0.508 e. The fourth-order valence-electron chi connectivity index (χ4n) is 10.0. The molecule has 3 aromatic heterocycles. The molecule has 0 fully saturated rings. The second kappa shape index (κ2) is 13.1. The van der Waals surface area contributed by atoms with Crippen LogP contribution in [-0.2, 0) is 32.1 Å². The summed E-state index contributed by atoms with van der Waals surface area (Å²) in [5.74, 6) is 2.06. The van der Waals surface area contributed by atoms with Crippen LogP contribution >= 0.6 is 0 Å². The summed E-state index contributed by atoms with van der Waals surface area (Å²) >= 11 is 0. The van der Waals surface area contributed by atoms with Gasteiger partial charge in [-0.2, -0.15) is 0 Å². The van der Waals surface area contributed by atoms with Crippen molar-refractivity contribution in [3.05, 3.63) is 161 Å². The molecule has 0 bridgehead atoms. The van der Waals surface area contributed by atoms with Gasteiger partial charge in [0.15, 0.2) is 0 Å². The van der Waals surface area contributed by atoms with E-state index in [4.69, 9.17) is 15.1 Å². The van der Waals surface area contributed by atoms with E-state index < -0.39 is 0 Å². The monoisotopic (exact) mass is 740 g/mol. The Morgan fingerprint density at radius 2 is 1.47 bits per heavy atom. The molecule has 3 aliphatic rings. The van der Waals surface area contributed by atoms with Crippen molar-refractivity contribution >= 4 is 56.8 Å². The number of pyridine rings is 1. The van der Waals surface area contributed by atoms with Crippen LogP contribution in [0, 0.1) is 5.41 Å². The zero-order valence-corrected chi connectivity index (χ0v) is 31.7. The van der Waals surface area contributed by atoms with Crippen LogP contribution in [0.5, 0.6) is 11.5 Å². The first-order chi connectivity index (χ1) is 28.1. The minimum Gasteiger partial charge on any atom is -0.508 e. The molecule has 0 spiro atoms. The fourth-order valence-corrected chi connectivity index (χ4v) is 10.0. The smallest absolute Gasteiger partial charge is 0.137 e. The molecule has 0 saturated carbocycles. The van der Waals surface area contributed by atoms with Crippen LogP contribution < -0.4 is 4.74 Å². The summed E-state index contributed by atoms with van der Waals surface area (Å²) in [7, 11) is 1.73. The minimum atomic E-state index is 0.268. The topological polar surface area (TPSA) is 76.1 Å². The normalized spacial score (nSPS) is 14.4. The van der Waals surface area contributed by atoms with E-state index in [0.717, 1.165) is 66.7 Å². The third-order valence-corrected chi connectivity index (χ3v) is 12.4. The second-order valence-corrected chi connectivity index (χ2v) is 15.4. The third-order valence-electron chi connectivity index (χ3n) is 12.4. The van der Waals surface area contributed by atoms with Crippen molar-refractivity contribution in [2.24, 2.45) is 0 Å². The maximum Gasteiger partial charge on any atom is 0.137 e. The highest BCUT2D eigenvalue weighted by Gasteiger charge is 2.34. The lowest BCUT2D eigenvalue weighted by molar-refractivity contribution is 0.414. The highest BCUT2D eigenvalue weighted by molar-refractivity contribution is 6.14. The predicted molar refractivity (Wildman–Crippen MR) is 234 cm³/mol. The average Bonchev–Trinajstić information content (AvgIpc) is 3.75. The van der Waals surface area contributed by atoms with Crippen molar-refractivity contribution < 1.29 is 9.84 Å². The number of aryl methyl sites for hydroxylation is 4. The van der Waals surface area contributed by atoms with Gasteiger partial charge < -0.3 is 19.8 Å². The highest BCUT2D eigenvalue weighted by Crippen LogP contribution is 2.51. The van der Waals surface area contributed by atoms with Gasteiger partial charge in [0.25, 0.3) is 0 Å². The summed E-state index contributed by atoms with van der Waals surface area (Å²) in [5.41, 5.74) is 19.5. The number of rotatable bonds is 7. The summed E-state index contributed by atoms with van der Waals surface area (Å²) in [6.45, 7) is 0. The zero-order chi connectivity index (χ0) is 38.2. The van der Waals surface area contributed by atoms with E-state index >= 15 is 0 Å². The maximum atomic E-state index is 10.3. The van der Waals surface area contributed by atoms with Gasteiger partial charge in [-0.3, -0.25) is 4.57 Å². The van der Waals surface area contributed by atoms with Crippen molar-refractivity contribution in [2.75, 3.05) is 7.11 Å². The molecular formula is C51H40N4O2. The molecule has 0 radical (unpaired) electrons. The average molecular weight is 741 g/mol. The van der Waals surface area contributed by atoms with Crippen molar-refractivity contribution in [3.63, 3.8) is 0 Å². The summed E-state index contributed by atoms with van der Waals surface area (Å²) in [5, 5.41) is 21.7. The number of nitrogens with one attached hydrogen (secondary N) is 1. The number of phenols is 1. The lowest BCUT2D eigenvalue weighted by Crippen LogP contribution is -2.16. The quantitative estimate of drug-likeness (QED) is 0.126. The molecule has 6 heteroatoms. The number of aromatic nitrogens is 3. The lowest BCUT2D eigenvalue weighted by Gasteiger charge is -2.31. The van der Waals surface area contributed by atoms with Gasteiger partial charge in [0, 0.05) is 46.0 Å². The molecule has 0 aliphatic heterocycles. The lowest BCUT2D eigenvalue weighted by atomic mass is 9.73. The van der Waals surface area contributed by atoms with Gasteiger partial charge in [-0.05, 0) is 173 Å². The van der Waals surface area contributed by atoms with Gasteiger partial charge in [0.2, 0.25) is 0 Å². The summed E-state index contributed by atoms with van der Waals surface area (Å²) in [6.07, 6.45) is 19.4. The first kappa shape index (κ1) is 33.4. The third kappa shape index (κ3) is 5.17. The Morgan fingerprint density at radius 3 is 2.26 bits per heavy atom. The van der Waals surface area contributed by atoms with Crippen molar-refractivity contribution in [2.45, 2.75) is 38.5 Å². The SMILES string of the molecule is COc1cccc(C2=Cc3c(n(/C=C/C=C\C=N)c4c5c6c(cc34)CCc3cc4c7cc(-c8cccc(O)c8)ccc7n(-c7ccccn7)c4c(c3-6)CC5)CC2)c1. The molecule has 0 amide bonds. The molecule has 0 saturated heterocycles. The second-order valence-electron chi connectivity index (χ2n) is 15.4. The molecule has 0 atom stereocenters. The summed E-state index contributed by atoms with van der Waals surface area (Å²) in [6, 6.07) is 33.8. The summed E-state index contributed by atoms with van der Waals surface area (Å²) < 4.78 is 10.4. The number of allylic oxidation sites excluding steroid dienone is 4. The fraction of sp³-hybridized carbons (Fsp3) is 0.137. The Hall–Kier alpha value is -6.92. The molecule has 5 aromatic carbocycles. The number of aromatic hydroxyl groups is 1. The first-order valence-electron chi connectivity index (χ1n) is 19.8. The Bertz CT molecular complexity index is 3080. The number of fused-ring (bicyclic) bond motifs is 8. The van der Waals surface area contributed by atoms with Crippen LogP contribution in [0.3, 0.4) is 0 Å². The molecule has 0 unspecified atom stereocenters. The summed E-state index contributed by atoms with van der Waals surface area (Å²) in [4.78, 5) is 4.92. The molecule has 3 aliphatic carbocycles. The van der Waals surface area contributed by atoms with Gasteiger partial charge in [-0.15, -0.1) is 0 Å². The van der Waals surface area contributed by atoms with E-state index in [1.165, 1.54) is 89.2 Å². The molecule has 8 aromatic rings. The molecular weight excluding hydrogens is 701 g/mol. The zero-order valence-electron chi connectivity index (χ0n) is 31.7. The molecule has 57 heavy (non-hydrogen) atoms. The van der Waals surface area contributed by atoms with Gasteiger partial charge >= 0.3 is 0 Å². The van der Waals surface area contributed by atoms with E-state index in [2.05, 4.69) is 94.2 Å². The van der Waals surface area contributed by atoms with E-state index in [1.54, 1.807) is 19.3 Å². The van der Waals surface area contributed by atoms with E-state index in [0.29, 0.717) is 0 Å². The minimum absolute atomic E-state index is 0.268. The van der Waals surface area contributed by atoms with Gasteiger partial charge in [-0.25, -0.2) is 4.98 Å². The van der Waals surface area contributed by atoms with Gasteiger partial charge in [0.05, 0.1) is 23.7 Å². The van der Waals surface area contributed by atoms with Crippen molar-refractivity contribution in [1.82, 2.24) is 14.1 Å². The number of hydrogen-bond donors (Lipinski definition) is 2. The molecule has 2 N–H and O–H groups in total. The van der Waals surface area contributed by atoms with Crippen LogP contribution in [0.2, 0.25) is 0 Å². The standard InChI is InChI=1S/C51H40N4O2/c1-57-38-12-8-10-32(26-38)34-16-20-45-41(27-34)43-29-35-14-15-36-30-44-42-28-33(31-9-7-11-37(56)25-31)17-21-46(42)55(47-13-3-5-23-53-47)51(44)40-19-18-39(48(35)49(36)40)50(43)54(45)24-6-2-4-22-52/h2-13,17,21-30,52,56H,14-16,18-20H2,1H3/b4-2-,24-6+,52-22?. The van der Waals surface area contributed by atoms with Crippen LogP contribution in [0.4, 0.5) is 0 Å². The van der Waals surface area contributed by atoms with Crippen molar-refractivity contribution in [3.8, 4) is 39.6 Å². The predicted octanol–water partition coefficient (Wildman–Crippen LogP) is 11.5. The number of methoxy groups -OCH3 is 1. The number of benzene rings is 5. The molecule has 11 rings (SSSR count). The van der Waals surface area contributed by atoms with E-state index in [1.807, 2.05) is 36.5 Å². The van der Waals surface area contributed by atoms with Gasteiger partial charge in [-0.1, -0.05) is 42.5 Å². The van der Waals surface area contributed by atoms with Gasteiger partial charge in [0.1, 0.15) is 17.3 Å². The van der Waals surface area contributed by atoms with Crippen LogP contribution in [0.25, 0.3) is 78.6 Å². The Kier molecular flexibility index (Phi) is 7.68. The van der Waals surface area contributed by atoms with E-state index in [-0.39, 0.29) is 5.75 Å². The number of ether oxygens (including phenoxy) is 1. The molecule has 276 valence electrons. The van der Waals surface area contributed by atoms with Crippen molar-refractivity contribution in [1.29, 1.82) is 5.41 Å². The Balaban J connectivity index is 1.18. The van der Waals surface area contributed by atoms with E-state index in [9.17, 15) is 5.11 Å².